The van der Waals surface area contributed by atoms with E-state index in [1.807, 2.05) is 25.2 Å². The molecular formula is C8H12N6. The van der Waals surface area contributed by atoms with Crippen LogP contribution in [0, 0.1) is 0 Å². The summed E-state index contributed by atoms with van der Waals surface area (Å²) >= 11 is 0. The van der Waals surface area contributed by atoms with Crippen molar-refractivity contribution in [3.05, 3.63) is 24.1 Å². The maximum atomic E-state index is 5.99. The zero-order valence-electron chi connectivity index (χ0n) is 7.81. The number of tetrazole rings is 1. The lowest BCUT2D eigenvalue weighted by Gasteiger charge is -2.31. The Morgan fingerprint density at radius 2 is 2.36 bits per heavy atom. The Balaban J connectivity index is 2.38. The van der Waals surface area contributed by atoms with E-state index in [0.29, 0.717) is 5.82 Å². The van der Waals surface area contributed by atoms with Crippen LogP contribution in [0.3, 0.4) is 0 Å². The Morgan fingerprint density at radius 3 is 3.00 bits per heavy atom. The second kappa shape index (κ2) is 3.00. The Bertz CT molecular complexity index is 375. The van der Waals surface area contributed by atoms with Crippen LogP contribution in [0.15, 0.2) is 18.2 Å². The number of nitrogens with one attached hydrogen (secondary N) is 1. The number of nitrogens with zero attached hydrogens (tertiary/aromatic N) is 3. The highest BCUT2D eigenvalue weighted by molar-refractivity contribution is 5.69. The van der Waals surface area contributed by atoms with Crippen molar-refractivity contribution in [3.63, 3.8) is 0 Å². The quantitative estimate of drug-likeness (QED) is 0.540. The first kappa shape index (κ1) is 9.04. The molecule has 5 N–H and O–H groups in total. The van der Waals surface area contributed by atoms with E-state index in [2.05, 4.69) is 20.6 Å². The van der Waals surface area contributed by atoms with Gasteiger partial charge in [0.15, 0.2) is 5.82 Å². The summed E-state index contributed by atoms with van der Waals surface area (Å²) in [5.41, 5.74) is 12.2. The van der Waals surface area contributed by atoms with Gasteiger partial charge in [-0.2, -0.15) is 0 Å². The summed E-state index contributed by atoms with van der Waals surface area (Å²) in [6.45, 7) is 1.87. The molecule has 0 aliphatic heterocycles. The van der Waals surface area contributed by atoms with Gasteiger partial charge < -0.3 is 11.5 Å². The van der Waals surface area contributed by atoms with Crippen molar-refractivity contribution in [2.75, 3.05) is 0 Å². The minimum Gasteiger partial charge on any atom is -0.322 e. The molecule has 0 bridgehead atoms. The SMILES string of the molecule is CC1(N)C=CC=C(c2nnn[nH]2)C1N. The smallest absolute Gasteiger partial charge is 0.176 e. The normalized spacial score (nSPS) is 31.6. The summed E-state index contributed by atoms with van der Waals surface area (Å²) in [4.78, 5) is 0. The molecule has 0 saturated carbocycles. The van der Waals surface area contributed by atoms with Gasteiger partial charge in [0.25, 0.3) is 0 Å². The minimum absolute atomic E-state index is 0.303. The lowest BCUT2D eigenvalue weighted by molar-refractivity contribution is 0.523. The fourth-order valence-electron chi connectivity index (χ4n) is 1.41. The third-order valence-corrected chi connectivity index (χ3v) is 2.36. The fraction of sp³-hybridized carbons (Fsp3) is 0.375. The standard InChI is InChI=1S/C8H12N6/c1-8(10)4-2-3-5(6(8)9)7-11-13-14-12-7/h2-4,6H,9-10H2,1H3,(H,11,12,13,14). The molecule has 1 aromatic heterocycles. The van der Waals surface area contributed by atoms with Gasteiger partial charge in [-0.25, -0.2) is 5.10 Å². The van der Waals surface area contributed by atoms with Crippen molar-refractivity contribution in [3.8, 4) is 0 Å². The lowest BCUT2D eigenvalue weighted by atomic mass is 9.84. The summed E-state index contributed by atoms with van der Waals surface area (Å²) < 4.78 is 0. The van der Waals surface area contributed by atoms with E-state index in [-0.39, 0.29) is 6.04 Å². The van der Waals surface area contributed by atoms with Gasteiger partial charge in [0, 0.05) is 5.57 Å². The van der Waals surface area contributed by atoms with E-state index < -0.39 is 5.54 Å². The Hall–Kier alpha value is -1.53. The second-order valence-corrected chi connectivity index (χ2v) is 3.57. The molecule has 0 spiro atoms. The third-order valence-electron chi connectivity index (χ3n) is 2.36. The zero-order valence-corrected chi connectivity index (χ0v) is 7.81. The number of allylic oxidation sites excluding steroid dienone is 2. The summed E-state index contributed by atoms with van der Waals surface area (Å²) in [5, 5.41) is 13.5. The Morgan fingerprint density at radius 1 is 1.57 bits per heavy atom. The maximum Gasteiger partial charge on any atom is 0.176 e. The van der Waals surface area contributed by atoms with E-state index in [9.17, 15) is 0 Å². The monoisotopic (exact) mass is 192 g/mol. The molecule has 1 aliphatic rings. The first-order valence-electron chi connectivity index (χ1n) is 4.29. The summed E-state index contributed by atoms with van der Waals surface area (Å²) in [7, 11) is 0. The molecule has 0 amide bonds. The highest BCUT2D eigenvalue weighted by Gasteiger charge is 2.31. The van der Waals surface area contributed by atoms with Crippen molar-refractivity contribution in [2.24, 2.45) is 11.5 Å². The maximum absolute atomic E-state index is 5.99. The molecule has 14 heavy (non-hydrogen) atoms. The van der Waals surface area contributed by atoms with Gasteiger partial charge in [-0.15, -0.1) is 5.10 Å². The van der Waals surface area contributed by atoms with Gasteiger partial charge in [0.2, 0.25) is 0 Å². The van der Waals surface area contributed by atoms with Gasteiger partial charge in [0.1, 0.15) is 0 Å². The van der Waals surface area contributed by atoms with E-state index in [1.54, 1.807) is 0 Å². The minimum atomic E-state index is -0.559. The first-order chi connectivity index (χ1) is 6.61. The van der Waals surface area contributed by atoms with Crippen LogP contribution in [0.4, 0.5) is 0 Å². The van der Waals surface area contributed by atoms with Crippen LogP contribution in [0.25, 0.3) is 5.57 Å². The number of aromatic amines is 1. The van der Waals surface area contributed by atoms with E-state index in [4.69, 9.17) is 11.5 Å². The van der Waals surface area contributed by atoms with Crippen LogP contribution in [-0.4, -0.2) is 32.2 Å². The van der Waals surface area contributed by atoms with Gasteiger partial charge in [-0.05, 0) is 17.4 Å². The van der Waals surface area contributed by atoms with Gasteiger partial charge in [0.05, 0.1) is 11.6 Å². The van der Waals surface area contributed by atoms with Crippen LogP contribution >= 0.6 is 0 Å². The molecule has 6 heteroatoms. The second-order valence-electron chi connectivity index (χ2n) is 3.57. The predicted octanol–water partition coefficient (Wildman–Crippen LogP) is -0.802. The number of hydrogen-bond acceptors (Lipinski definition) is 5. The fourth-order valence-corrected chi connectivity index (χ4v) is 1.41. The Labute approximate surface area is 81.1 Å². The van der Waals surface area contributed by atoms with E-state index >= 15 is 0 Å². The van der Waals surface area contributed by atoms with Crippen molar-refractivity contribution in [2.45, 2.75) is 18.5 Å². The molecule has 1 aromatic rings. The molecule has 6 nitrogen and oxygen atoms in total. The topological polar surface area (TPSA) is 106 Å². The van der Waals surface area contributed by atoms with Crippen molar-refractivity contribution in [1.29, 1.82) is 0 Å². The van der Waals surface area contributed by atoms with Crippen LogP contribution in [0.5, 0.6) is 0 Å². The number of nitrogens with two attached hydrogens (primary N) is 2. The van der Waals surface area contributed by atoms with Crippen LogP contribution in [0.2, 0.25) is 0 Å². The summed E-state index contributed by atoms with van der Waals surface area (Å²) in [5.74, 6) is 0.568. The molecule has 0 saturated heterocycles. The highest BCUT2D eigenvalue weighted by atomic mass is 15.5. The molecule has 74 valence electrons. The third kappa shape index (κ3) is 1.34. The summed E-state index contributed by atoms with van der Waals surface area (Å²) in [6, 6.07) is -0.303. The van der Waals surface area contributed by atoms with E-state index in [0.717, 1.165) is 5.57 Å². The molecule has 2 atom stereocenters. The van der Waals surface area contributed by atoms with Crippen LogP contribution < -0.4 is 11.5 Å². The number of H-pyrrole nitrogens is 1. The average molecular weight is 192 g/mol. The molecule has 0 aromatic carbocycles. The van der Waals surface area contributed by atoms with Crippen molar-refractivity contribution < 1.29 is 0 Å². The molecule has 1 heterocycles. The van der Waals surface area contributed by atoms with Gasteiger partial charge >= 0.3 is 0 Å². The molecule has 0 fully saturated rings. The summed E-state index contributed by atoms with van der Waals surface area (Å²) in [6.07, 6.45) is 5.59. The number of aromatic nitrogens is 4. The van der Waals surface area contributed by atoms with Gasteiger partial charge in [-0.3, -0.25) is 0 Å². The predicted molar refractivity (Wildman–Crippen MR) is 51.9 cm³/mol. The molecular weight excluding hydrogens is 180 g/mol. The van der Waals surface area contributed by atoms with Gasteiger partial charge in [-0.1, -0.05) is 18.2 Å². The molecule has 2 rings (SSSR count). The largest absolute Gasteiger partial charge is 0.322 e. The van der Waals surface area contributed by atoms with Crippen LogP contribution in [-0.2, 0) is 0 Å². The Kier molecular flexibility index (Phi) is 1.94. The average Bonchev–Trinajstić information content (AvgIpc) is 2.62. The number of hydrogen-bond donors (Lipinski definition) is 3. The van der Waals surface area contributed by atoms with Crippen molar-refractivity contribution >= 4 is 5.57 Å². The number of rotatable bonds is 1. The highest BCUT2D eigenvalue weighted by Crippen LogP contribution is 2.24. The molecule has 1 aliphatic carbocycles. The lowest BCUT2D eigenvalue weighted by Crippen LogP contribution is -2.53. The molecule has 0 radical (unpaired) electrons. The first-order valence-corrected chi connectivity index (χ1v) is 4.29. The van der Waals surface area contributed by atoms with E-state index in [1.165, 1.54) is 0 Å². The zero-order chi connectivity index (χ0) is 10.2. The molecule has 2 unspecified atom stereocenters. The van der Waals surface area contributed by atoms with Crippen molar-refractivity contribution in [1.82, 2.24) is 20.6 Å². The van der Waals surface area contributed by atoms with Crippen LogP contribution in [0.1, 0.15) is 12.7 Å².